The molecule has 4 rings (SSSR count). The van der Waals surface area contributed by atoms with E-state index in [0.717, 1.165) is 39.1 Å². The van der Waals surface area contributed by atoms with E-state index >= 15 is 0 Å². The van der Waals surface area contributed by atoms with Crippen LogP contribution in [0.5, 0.6) is 0 Å². The number of likely N-dealkylation sites (N-methyl/N-ethyl adjacent to an activating group) is 1. The van der Waals surface area contributed by atoms with Crippen molar-refractivity contribution < 1.29 is 9.53 Å². The van der Waals surface area contributed by atoms with Gasteiger partial charge in [-0.1, -0.05) is 30.7 Å². The molecule has 0 aromatic heterocycles. The lowest BCUT2D eigenvalue weighted by atomic mass is 9.99. The zero-order chi connectivity index (χ0) is 17.6. The standard InChI is InChI=1S/C20H29N3O2/c1-13-4-5-15-11-14(2)19(16(15)10-13)21-20(24)23-7-6-18-17(12-23)22(3)8-9-25-18/h4-5,10,14,17-19H,6-9,11-12H2,1-3H3,(H,21,24)/t14-,17+,18-,19+/m0/s1. The Labute approximate surface area is 150 Å². The average Bonchev–Trinajstić information content (AvgIpc) is 2.90. The van der Waals surface area contributed by atoms with Gasteiger partial charge in [0.2, 0.25) is 0 Å². The van der Waals surface area contributed by atoms with E-state index < -0.39 is 0 Å². The third kappa shape index (κ3) is 3.15. The Balaban J connectivity index is 1.45. The van der Waals surface area contributed by atoms with Crippen molar-refractivity contribution in [1.82, 2.24) is 15.1 Å². The van der Waals surface area contributed by atoms with Gasteiger partial charge in [0.25, 0.3) is 0 Å². The number of likely N-dealkylation sites (tertiary alicyclic amines) is 1. The molecule has 2 aliphatic heterocycles. The molecule has 1 aromatic rings. The molecule has 1 aliphatic carbocycles. The molecule has 1 aromatic carbocycles. The second-order valence-electron chi connectivity index (χ2n) is 8.00. The third-order valence-corrected chi connectivity index (χ3v) is 6.18. The Kier molecular flexibility index (Phi) is 4.46. The van der Waals surface area contributed by atoms with Crippen LogP contribution in [0.25, 0.3) is 0 Å². The zero-order valence-electron chi connectivity index (χ0n) is 15.5. The van der Waals surface area contributed by atoms with Gasteiger partial charge in [0.15, 0.2) is 0 Å². The lowest BCUT2D eigenvalue weighted by Gasteiger charge is -2.45. The maximum atomic E-state index is 12.9. The molecule has 2 saturated heterocycles. The van der Waals surface area contributed by atoms with Crippen molar-refractivity contribution in [3.63, 3.8) is 0 Å². The Morgan fingerprint density at radius 1 is 1.32 bits per heavy atom. The summed E-state index contributed by atoms with van der Waals surface area (Å²) in [5.41, 5.74) is 3.94. The maximum Gasteiger partial charge on any atom is 0.317 e. The van der Waals surface area contributed by atoms with E-state index in [9.17, 15) is 4.79 Å². The third-order valence-electron chi connectivity index (χ3n) is 6.18. The molecule has 4 atom stereocenters. The first-order valence-electron chi connectivity index (χ1n) is 9.49. The summed E-state index contributed by atoms with van der Waals surface area (Å²) in [6.45, 7) is 7.64. The highest BCUT2D eigenvalue weighted by molar-refractivity contribution is 5.75. The molecule has 0 radical (unpaired) electrons. The van der Waals surface area contributed by atoms with E-state index in [-0.39, 0.29) is 18.2 Å². The normalized spacial score (nSPS) is 32.2. The van der Waals surface area contributed by atoms with Crippen molar-refractivity contribution in [3.05, 3.63) is 34.9 Å². The van der Waals surface area contributed by atoms with Crippen molar-refractivity contribution in [3.8, 4) is 0 Å². The monoisotopic (exact) mass is 343 g/mol. The molecule has 3 aliphatic rings. The Hall–Kier alpha value is -1.59. The first-order valence-corrected chi connectivity index (χ1v) is 9.49. The number of ether oxygens (including phenoxy) is 1. The predicted molar refractivity (Wildman–Crippen MR) is 97.7 cm³/mol. The molecule has 25 heavy (non-hydrogen) atoms. The number of morpholine rings is 1. The number of nitrogens with one attached hydrogen (secondary N) is 1. The van der Waals surface area contributed by atoms with E-state index in [4.69, 9.17) is 4.74 Å². The van der Waals surface area contributed by atoms with E-state index in [1.807, 2.05) is 4.90 Å². The van der Waals surface area contributed by atoms with Gasteiger partial charge in [0.1, 0.15) is 0 Å². The van der Waals surface area contributed by atoms with Crippen molar-refractivity contribution in [2.75, 3.05) is 33.3 Å². The molecule has 0 bridgehead atoms. The van der Waals surface area contributed by atoms with Crippen LogP contribution < -0.4 is 5.32 Å². The largest absolute Gasteiger partial charge is 0.375 e. The van der Waals surface area contributed by atoms with Crippen LogP contribution in [0.4, 0.5) is 4.79 Å². The number of hydrogen-bond donors (Lipinski definition) is 1. The van der Waals surface area contributed by atoms with Gasteiger partial charge in [-0.25, -0.2) is 4.79 Å². The molecule has 5 nitrogen and oxygen atoms in total. The smallest absolute Gasteiger partial charge is 0.317 e. The molecular weight excluding hydrogens is 314 g/mol. The first-order chi connectivity index (χ1) is 12.0. The molecule has 0 unspecified atom stereocenters. The minimum atomic E-state index is 0.0728. The van der Waals surface area contributed by atoms with Gasteiger partial charge in [-0.2, -0.15) is 0 Å². The van der Waals surface area contributed by atoms with Gasteiger partial charge in [-0.3, -0.25) is 4.90 Å². The van der Waals surface area contributed by atoms with Gasteiger partial charge in [0.05, 0.1) is 24.8 Å². The molecule has 2 fully saturated rings. The van der Waals surface area contributed by atoms with Crippen LogP contribution in [0.2, 0.25) is 0 Å². The fourth-order valence-electron chi connectivity index (χ4n) is 4.63. The number of carbonyl (C=O) groups excluding carboxylic acids is 1. The Morgan fingerprint density at radius 3 is 3.00 bits per heavy atom. The number of aryl methyl sites for hydroxylation is 1. The Bertz CT molecular complexity index is 662. The number of urea groups is 1. The van der Waals surface area contributed by atoms with Crippen LogP contribution >= 0.6 is 0 Å². The number of nitrogens with zero attached hydrogens (tertiary/aromatic N) is 2. The fourth-order valence-corrected chi connectivity index (χ4v) is 4.63. The molecule has 0 spiro atoms. The van der Waals surface area contributed by atoms with Crippen LogP contribution in [-0.4, -0.2) is 61.3 Å². The number of benzene rings is 1. The van der Waals surface area contributed by atoms with Crippen LogP contribution in [0.15, 0.2) is 18.2 Å². The summed E-state index contributed by atoms with van der Waals surface area (Å²) < 4.78 is 5.89. The summed E-state index contributed by atoms with van der Waals surface area (Å²) in [4.78, 5) is 17.2. The highest BCUT2D eigenvalue weighted by Gasteiger charge is 2.38. The number of piperidine rings is 1. The van der Waals surface area contributed by atoms with Crippen LogP contribution in [0.1, 0.15) is 36.1 Å². The van der Waals surface area contributed by atoms with Gasteiger partial charge >= 0.3 is 6.03 Å². The summed E-state index contributed by atoms with van der Waals surface area (Å²) >= 11 is 0. The van der Waals surface area contributed by atoms with Crippen molar-refractivity contribution in [2.24, 2.45) is 5.92 Å². The lowest BCUT2D eigenvalue weighted by molar-refractivity contribution is -0.0882. The van der Waals surface area contributed by atoms with Crippen LogP contribution in [0, 0.1) is 12.8 Å². The van der Waals surface area contributed by atoms with Gasteiger partial charge < -0.3 is 15.0 Å². The second-order valence-corrected chi connectivity index (χ2v) is 8.00. The fraction of sp³-hybridized carbons (Fsp3) is 0.650. The number of amides is 2. The van der Waals surface area contributed by atoms with E-state index in [0.29, 0.717) is 12.0 Å². The topological polar surface area (TPSA) is 44.8 Å². The number of fused-ring (bicyclic) bond motifs is 2. The molecule has 0 saturated carbocycles. The molecule has 2 amide bonds. The molecular formula is C20H29N3O2. The summed E-state index contributed by atoms with van der Waals surface area (Å²) in [6.07, 6.45) is 2.25. The van der Waals surface area contributed by atoms with Gasteiger partial charge in [-0.05, 0) is 43.9 Å². The number of carbonyl (C=O) groups is 1. The first kappa shape index (κ1) is 16.9. The minimum Gasteiger partial charge on any atom is -0.375 e. The zero-order valence-corrected chi connectivity index (χ0v) is 15.5. The highest BCUT2D eigenvalue weighted by Crippen LogP contribution is 2.36. The second kappa shape index (κ2) is 6.61. The van der Waals surface area contributed by atoms with Crippen LogP contribution in [-0.2, 0) is 11.2 Å². The predicted octanol–water partition coefficient (Wildman–Crippen LogP) is 2.34. The van der Waals surface area contributed by atoms with E-state index in [2.05, 4.69) is 49.3 Å². The summed E-state index contributed by atoms with van der Waals surface area (Å²) in [5.74, 6) is 0.443. The summed E-state index contributed by atoms with van der Waals surface area (Å²) in [6, 6.07) is 7.14. The van der Waals surface area contributed by atoms with E-state index in [1.165, 1.54) is 16.7 Å². The highest BCUT2D eigenvalue weighted by atomic mass is 16.5. The Morgan fingerprint density at radius 2 is 2.16 bits per heavy atom. The maximum absolute atomic E-state index is 12.9. The quantitative estimate of drug-likeness (QED) is 0.851. The van der Waals surface area contributed by atoms with Gasteiger partial charge in [-0.15, -0.1) is 0 Å². The summed E-state index contributed by atoms with van der Waals surface area (Å²) in [7, 11) is 2.14. The van der Waals surface area contributed by atoms with Crippen molar-refractivity contribution in [1.29, 1.82) is 0 Å². The average molecular weight is 343 g/mol. The molecule has 1 N–H and O–H groups in total. The summed E-state index contributed by atoms with van der Waals surface area (Å²) in [5, 5.41) is 3.32. The van der Waals surface area contributed by atoms with E-state index in [1.54, 1.807) is 0 Å². The lowest BCUT2D eigenvalue weighted by Crippen LogP contribution is -2.61. The minimum absolute atomic E-state index is 0.0728. The SMILES string of the molecule is Cc1ccc2c(c1)[C@H](NC(=O)N1CC[C@@H]3OCCN(C)[C@@H]3C1)[C@@H](C)C2. The van der Waals surface area contributed by atoms with Crippen LogP contribution in [0.3, 0.4) is 0 Å². The molecule has 136 valence electrons. The van der Waals surface area contributed by atoms with Crippen molar-refractivity contribution >= 4 is 6.03 Å². The number of rotatable bonds is 1. The van der Waals surface area contributed by atoms with Crippen molar-refractivity contribution in [2.45, 2.75) is 44.9 Å². The molecule has 2 heterocycles. The molecule has 5 heteroatoms. The number of hydrogen-bond acceptors (Lipinski definition) is 3. The van der Waals surface area contributed by atoms with Gasteiger partial charge in [0, 0.05) is 19.6 Å².